The normalized spacial score (nSPS) is 41.9. The van der Waals surface area contributed by atoms with Gasteiger partial charge in [0, 0.05) is 0 Å². The van der Waals surface area contributed by atoms with Crippen LogP contribution in [0.3, 0.4) is 0 Å². The molecular formula is C20H34O3. The van der Waals surface area contributed by atoms with Crippen LogP contribution in [0, 0.1) is 5.92 Å². The van der Waals surface area contributed by atoms with Crippen molar-refractivity contribution in [1.82, 2.24) is 0 Å². The van der Waals surface area contributed by atoms with Crippen molar-refractivity contribution in [2.75, 3.05) is 0 Å². The molecule has 2 N–H and O–H groups in total. The fourth-order valence-corrected chi connectivity index (χ4v) is 4.04. The Bertz CT molecular complexity index is 466. The van der Waals surface area contributed by atoms with Gasteiger partial charge in [-0.15, -0.1) is 0 Å². The second-order valence-electron chi connectivity index (χ2n) is 8.31. The number of rotatable bonds is 0. The van der Waals surface area contributed by atoms with Crippen LogP contribution in [0.25, 0.3) is 0 Å². The zero-order valence-corrected chi connectivity index (χ0v) is 15.3. The van der Waals surface area contributed by atoms with Gasteiger partial charge < -0.3 is 14.9 Å². The summed E-state index contributed by atoms with van der Waals surface area (Å²) in [5.41, 5.74) is 1.43. The molecule has 23 heavy (non-hydrogen) atoms. The Kier molecular flexibility index (Phi) is 5.76. The van der Waals surface area contributed by atoms with E-state index in [-0.39, 0.29) is 5.60 Å². The summed E-state index contributed by atoms with van der Waals surface area (Å²) in [6.07, 6.45) is 7.15. The Balaban J connectivity index is 2.24. The lowest BCUT2D eigenvalue weighted by atomic mass is 9.73. The number of ether oxygens (including phenoxy) is 1. The van der Waals surface area contributed by atoms with Crippen molar-refractivity contribution >= 4 is 0 Å². The highest BCUT2D eigenvalue weighted by atomic mass is 16.5. The maximum atomic E-state index is 10.7. The highest BCUT2D eigenvalue weighted by molar-refractivity contribution is 5.08. The first-order chi connectivity index (χ1) is 10.6. The second kappa shape index (κ2) is 7.08. The number of aliphatic hydroxyl groups excluding tert-OH is 2. The third-order valence-corrected chi connectivity index (χ3v) is 5.92. The van der Waals surface area contributed by atoms with Gasteiger partial charge in [0.2, 0.25) is 0 Å². The van der Waals surface area contributed by atoms with Gasteiger partial charge in [-0.2, -0.15) is 0 Å². The lowest BCUT2D eigenvalue weighted by Gasteiger charge is -2.51. The van der Waals surface area contributed by atoms with Gasteiger partial charge in [0.05, 0.1) is 23.4 Å². The highest BCUT2D eigenvalue weighted by Gasteiger charge is 2.48. The fraction of sp³-hybridized carbons (Fsp3) is 0.800. The minimum absolute atomic E-state index is 0.250. The maximum Gasteiger partial charge on any atom is 0.0920 e. The van der Waals surface area contributed by atoms with E-state index in [9.17, 15) is 10.2 Å². The Hall–Kier alpha value is -0.640. The summed E-state index contributed by atoms with van der Waals surface area (Å²) >= 11 is 0. The van der Waals surface area contributed by atoms with Crippen molar-refractivity contribution in [1.29, 1.82) is 0 Å². The predicted molar refractivity (Wildman–Crippen MR) is 94.3 cm³/mol. The third-order valence-electron chi connectivity index (χ3n) is 5.92. The summed E-state index contributed by atoms with van der Waals surface area (Å²) in [6.45, 7) is 12.5. The molecule has 3 heteroatoms. The molecule has 3 rings (SSSR count). The average molecular weight is 322 g/mol. The number of aliphatic hydroxyl groups is 2. The first-order valence-corrected chi connectivity index (χ1v) is 9.03. The molecular weight excluding hydrogens is 288 g/mol. The number of fused-ring (bicyclic) bond motifs is 10. The van der Waals surface area contributed by atoms with Gasteiger partial charge in [0.1, 0.15) is 0 Å². The third kappa shape index (κ3) is 4.46. The molecule has 0 aromatic rings. The number of hydrogen-bond acceptors (Lipinski definition) is 3. The van der Waals surface area contributed by atoms with Crippen molar-refractivity contribution in [3.05, 3.63) is 23.8 Å². The van der Waals surface area contributed by atoms with Gasteiger partial charge in [-0.25, -0.2) is 0 Å². The quantitative estimate of drug-likeness (QED) is 0.659. The zero-order valence-electron chi connectivity index (χ0n) is 15.3. The summed E-state index contributed by atoms with van der Waals surface area (Å²) in [4.78, 5) is 0. The van der Waals surface area contributed by atoms with Crippen LogP contribution >= 0.6 is 0 Å². The molecule has 2 heterocycles. The minimum Gasteiger partial charge on any atom is -0.390 e. The molecule has 3 aliphatic rings. The van der Waals surface area contributed by atoms with E-state index >= 15 is 0 Å². The zero-order chi connectivity index (χ0) is 17.3. The van der Waals surface area contributed by atoms with Crippen LogP contribution in [0.4, 0.5) is 0 Å². The molecule has 0 radical (unpaired) electrons. The van der Waals surface area contributed by atoms with Crippen molar-refractivity contribution in [3.63, 3.8) is 0 Å². The maximum absolute atomic E-state index is 10.7. The summed E-state index contributed by atoms with van der Waals surface area (Å²) < 4.78 is 6.39. The van der Waals surface area contributed by atoms with E-state index in [0.717, 1.165) is 37.7 Å². The number of hydrogen-bond donors (Lipinski definition) is 2. The van der Waals surface area contributed by atoms with Gasteiger partial charge in [-0.1, -0.05) is 18.2 Å². The van der Waals surface area contributed by atoms with Crippen molar-refractivity contribution in [3.8, 4) is 0 Å². The summed E-state index contributed by atoms with van der Waals surface area (Å²) in [5.74, 6) is 0.358. The second-order valence-corrected chi connectivity index (χ2v) is 8.31. The first-order valence-electron chi connectivity index (χ1n) is 9.03. The Morgan fingerprint density at radius 1 is 1.17 bits per heavy atom. The van der Waals surface area contributed by atoms with Crippen molar-refractivity contribution in [2.45, 2.75) is 96.1 Å². The molecule has 0 amide bonds. The van der Waals surface area contributed by atoms with Crippen LogP contribution in [-0.4, -0.2) is 33.6 Å². The molecule has 1 fully saturated rings. The molecule has 2 bridgehead atoms. The number of allylic oxidation sites excluding steroid dienone is 2. The minimum atomic E-state index is -0.587. The van der Waals surface area contributed by atoms with Crippen LogP contribution in [0.1, 0.15) is 72.6 Å². The smallest absolute Gasteiger partial charge is 0.0920 e. The van der Waals surface area contributed by atoms with Gasteiger partial charge in [0.25, 0.3) is 0 Å². The SMILES string of the molecule is C=C1CC/C=C(/C)CC[C@@H]2C[C@@H](O)[C@@](C)(CC[C@H]1O)OC2(C)C. The van der Waals surface area contributed by atoms with E-state index in [1.54, 1.807) is 0 Å². The molecule has 132 valence electrons. The van der Waals surface area contributed by atoms with E-state index in [4.69, 9.17) is 4.74 Å². The van der Waals surface area contributed by atoms with Crippen LogP contribution < -0.4 is 0 Å². The van der Waals surface area contributed by atoms with Gasteiger partial charge in [-0.05, 0) is 84.1 Å². The van der Waals surface area contributed by atoms with E-state index in [1.807, 2.05) is 6.92 Å². The average Bonchev–Trinajstić information content (AvgIpc) is 2.46. The predicted octanol–water partition coefficient (Wildman–Crippen LogP) is 4.14. The van der Waals surface area contributed by atoms with Crippen LogP contribution in [-0.2, 0) is 4.74 Å². The molecule has 0 spiro atoms. The fourth-order valence-electron chi connectivity index (χ4n) is 4.04. The summed E-state index contributed by atoms with van der Waals surface area (Å²) in [7, 11) is 0. The molecule has 1 aliphatic carbocycles. The van der Waals surface area contributed by atoms with Crippen molar-refractivity contribution in [2.24, 2.45) is 5.92 Å². The summed E-state index contributed by atoms with van der Waals surface area (Å²) in [6, 6.07) is 0. The molecule has 0 aromatic heterocycles. The Labute approximate surface area is 141 Å². The van der Waals surface area contributed by atoms with Crippen LogP contribution in [0.15, 0.2) is 23.8 Å². The molecule has 2 aliphatic heterocycles. The molecule has 3 nitrogen and oxygen atoms in total. The van der Waals surface area contributed by atoms with Gasteiger partial charge >= 0.3 is 0 Å². The monoisotopic (exact) mass is 322 g/mol. The van der Waals surface area contributed by atoms with E-state index in [0.29, 0.717) is 18.8 Å². The molecule has 1 saturated heterocycles. The lowest BCUT2D eigenvalue weighted by molar-refractivity contribution is -0.245. The molecule has 0 saturated carbocycles. The summed E-state index contributed by atoms with van der Waals surface area (Å²) in [5, 5.41) is 21.0. The largest absolute Gasteiger partial charge is 0.390 e. The molecule has 0 unspecified atom stereocenters. The van der Waals surface area contributed by atoms with Crippen LogP contribution in [0.2, 0.25) is 0 Å². The van der Waals surface area contributed by atoms with Crippen molar-refractivity contribution < 1.29 is 14.9 Å². The first kappa shape index (κ1) is 18.7. The van der Waals surface area contributed by atoms with E-state index in [1.165, 1.54) is 5.57 Å². The van der Waals surface area contributed by atoms with Gasteiger partial charge in [-0.3, -0.25) is 0 Å². The molecule has 4 atom stereocenters. The Morgan fingerprint density at radius 2 is 1.87 bits per heavy atom. The molecule has 0 aromatic carbocycles. The standard InChI is InChI=1S/C20H34O3/c1-14-7-6-8-15(2)17(21)11-12-20(5)18(22)13-16(10-9-14)19(3,4)23-20/h7,16-18,21-22H,2,6,8-13H2,1,3-5H3/b14-7-/t16-,17-,18-,20-/m1/s1. The highest BCUT2D eigenvalue weighted by Crippen LogP contribution is 2.44. The van der Waals surface area contributed by atoms with Crippen LogP contribution in [0.5, 0.6) is 0 Å². The van der Waals surface area contributed by atoms with E-state index < -0.39 is 17.8 Å². The topological polar surface area (TPSA) is 49.7 Å². The Morgan fingerprint density at radius 3 is 2.57 bits per heavy atom. The van der Waals surface area contributed by atoms with Gasteiger partial charge in [0.15, 0.2) is 0 Å². The lowest BCUT2D eigenvalue weighted by Crippen LogP contribution is -2.57. The van der Waals surface area contributed by atoms with E-state index in [2.05, 4.69) is 33.4 Å².